The molecule has 4 heteroatoms. The summed E-state index contributed by atoms with van der Waals surface area (Å²) in [5, 5.41) is 5.88. The maximum atomic E-state index is 12.1. The van der Waals surface area contributed by atoms with E-state index >= 15 is 0 Å². The Labute approximate surface area is 93.7 Å². The maximum absolute atomic E-state index is 12.1. The molecule has 16 heavy (non-hydrogen) atoms. The third kappa shape index (κ3) is 1.30. The standard InChI is InChI=1S/C12H13N3O/c13-8-3-1-4-9(7-8)15-12(16)10-5-2-6-11(10)14-15/h1,3-4,7,10H,2,5-6,13H2. The Morgan fingerprint density at radius 2 is 2.31 bits per heavy atom. The fourth-order valence-electron chi connectivity index (χ4n) is 2.38. The van der Waals surface area contributed by atoms with Gasteiger partial charge in [0.05, 0.1) is 17.3 Å². The zero-order valence-electron chi connectivity index (χ0n) is 8.89. The third-order valence-electron chi connectivity index (χ3n) is 3.18. The number of hydrogen-bond donors (Lipinski definition) is 1. The average molecular weight is 215 g/mol. The van der Waals surface area contributed by atoms with E-state index in [4.69, 9.17) is 5.73 Å². The van der Waals surface area contributed by atoms with Gasteiger partial charge in [0.2, 0.25) is 0 Å². The number of hydrogen-bond acceptors (Lipinski definition) is 3. The van der Waals surface area contributed by atoms with E-state index in [0.717, 1.165) is 30.7 Å². The number of nitrogens with zero attached hydrogens (tertiary/aromatic N) is 2. The number of fused-ring (bicyclic) bond motifs is 1. The van der Waals surface area contributed by atoms with E-state index in [1.54, 1.807) is 12.1 Å². The van der Waals surface area contributed by atoms with E-state index in [2.05, 4.69) is 5.10 Å². The highest BCUT2D eigenvalue weighted by Crippen LogP contribution is 2.33. The lowest BCUT2D eigenvalue weighted by molar-refractivity contribution is -0.119. The fourth-order valence-corrected chi connectivity index (χ4v) is 2.38. The molecule has 1 atom stereocenters. The van der Waals surface area contributed by atoms with Gasteiger partial charge in [-0.3, -0.25) is 4.79 Å². The van der Waals surface area contributed by atoms with Crippen LogP contribution in [-0.2, 0) is 4.79 Å². The summed E-state index contributed by atoms with van der Waals surface area (Å²) in [5.41, 5.74) is 8.16. The van der Waals surface area contributed by atoms with Gasteiger partial charge in [-0.1, -0.05) is 6.07 Å². The molecule has 1 aliphatic heterocycles. The van der Waals surface area contributed by atoms with Crippen LogP contribution in [0.2, 0.25) is 0 Å². The summed E-state index contributed by atoms with van der Waals surface area (Å²) in [4.78, 5) is 12.1. The highest BCUT2D eigenvalue weighted by atomic mass is 16.2. The first-order chi connectivity index (χ1) is 7.75. The lowest BCUT2D eigenvalue weighted by atomic mass is 10.1. The number of anilines is 2. The van der Waals surface area contributed by atoms with Crippen molar-refractivity contribution in [2.45, 2.75) is 19.3 Å². The molecule has 1 aromatic rings. The quantitative estimate of drug-likeness (QED) is 0.726. The van der Waals surface area contributed by atoms with Gasteiger partial charge in [-0.05, 0) is 37.5 Å². The number of carbonyl (C=O) groups is 1. The van der Waals surface area contributed by atoms with Crippen molar-refractivity contribution in [3.05, 3.63) is 24.3 Å². The van der Waals surface area contributed by atoms with Crippen molar-refractivity contribution in [1.29, 1.82) is 0 Å². The van der Waals surface area contributed by atoms with Gasteiger partial charge in [0.25, 0.3) is 5.91 Å². The van der Waals surface area contributed by atoms with Crippen LogP contribution in [0.1, 0.15) is 19.3 Å². The second-order valence-electron chi connectivity index (χ2n) is 4.28. The van der Waals surface area contributed by atoms with Crippen molar-refractivity contribution in [2.75, 3.05) is 10.7 Å². The zero-order chi connectivity index (χ0) is 11.1. The Morgan fingerprint density at radius 3 is 3.06 bits per heavy atom. The molecular formula is C12H13N3O. The van der Waals surface area contributed by atoms with Crippen LogP contribution < -0.4 is 10.7 Å². The minimum Gasteiger partial charge on any atom is -0.399 e. The summed E-state index contributed by atoms with van der Waals surface area (Å²) in [6, 6.07) is 7.28. The van der Waals surface area contributed by atoms with E-state index in [9.17, 15) is 4.79 Å². The van der Waals surface area contributed by atoms with Crippen LogP contribution in [0.5, 0.6) is 0 Å². The number of benzene rings is 1. The molecule has 1 unspecified atom stereocenters. The second-order valence-corrected chi connectivity index (χ2v) is 4.28. The van der Waals surface area contributed by atoms with Gasteiger partial charge in [0.15, 0.2) is 0 Å². The molecule has 1 amide bonds. The monoisotopic (exact) mass is 215 g/mol. The van der Waals surface area contributed by atoms with E-state index in [1.807, 2.05) is 12.1 Å². The van der Waals surface area contributed by atoms with Crippen molar-refractivity contribution >= 4 is 23.0 Å². The predicted octanol–water partition coefficient (Wildman–Crippen LogP) is 1.77. The highest BCUT2D eigenvalue weighted by molar-refractivity contribution is 6.16. The van der Waals surface area contributed by atoms with E-state index in [0.29, 0.717) is 5.69 Å². The number of nitrogens with two attached hydrogens (primary N) is 1. The molecule has 0 bridgehead atoms. The van der Waals surface area contributed by atoms with Gasteiger partial charge in [-0.25, -0.2) is 5.01 Å². The van der Waals surface area contributed by atoms with Crippen molar-refractivity contribution in [3.8, 4) is 0 Å². The van der Waals surface area contributed by atoms with Crippen molar-refractivity contribution < 1.29 is 4.79 Å². The molecule has 3 rings (SSSR count). The summed E-state index contributed by atoms with van der Waals surface area (Å²) in [6.45, 7) is 0. The van der Waals surface area contributed by atoms with Gasteiger partial charge in [0.1, 0.15) is 0 Å². The number of amides is 1. The topological polar surface area (TPSA) is 58.7 Å². The van der Waals surface area contributed by atoms with Crippen molar-refractivity contribution in [2.24, 2.45) is 11.0 Å². The molecule has 1 aliphatic carbocycles. The molecule has 4 nitrogen and oxygen atoms in total. The normalized spacial score (nSPS) is 23.5. The summed E-state index contributed by atoms with van der Waals surface area (Å²) in [5.74, 6) is 0.125. The Balaban J connectivity index is 1.97. The van der Waals surface area contributed by atoms with Crippen LogP contribution in [0.4, 0.5) is 11.4 Å². The van der Waals surface area contributed by atoms with E-state index < -0.39 is 0 Å². The summed E-state index contributed by atoms with van der Waals surface area (Å²) in [6.07, 6.45) is 2.98. The van der Waals surface area contributed by atoms with Crippen LogP contribution in [0.3, 0.4) is 0 Å². The average Bonchev–Trinajstić information content (AvgIpc) is 2.82. The molecular weight excluding hydrogens is 202 g/mol. The third-order valence-corrected chi connectivity index (χ3v) is 3.18. The zero-order valence-corrected chi connectivity index (χ0v) is 8.89. The molecule has 2 aliphatic rings. The van der Waals surface area contributed by atoms with Crippen LogP contribution in [-0.4, -0.2) is 11.6 Å². The first-order valence-corrected chi connectivity index (χ1v) is 5.52. The minimum atomic E-state index is 0.0291. The second kappa shape index (κ2) is 3.33. The van der Waals surface area contributed by atoms with Crippen molar-refractivity contribution in [3.63, 3.8) is 0 Å². The number of rotatable bonds is 1. The molecule has 1 heterocycles. The van der Waals surface area contributed by atoms with Crippen LogP contribution in [0.25, 0.3) is 0 Å². The van der Waals surface area contributed by atoms with Gasteiger partial charge < -0.3 is 5.73 Å². The number of nitrogen functional groups attached to an aromatic ring is 1. The summed E-state index contributed by atoms with van der Waals surface area (Å²) >= 11 is 0. The lowest BCUT2D eigenvalue weighted by Crippen LogP contribution is -2.25. The predicted molar refractivity (Wildman–Crippen MR) is 63.1 cm³/mol. The Bertz CT molecular complexity index is 481. The molecule has 0 saturated heterocycles. The Kier molecular flexibility index (Phi) is 1.96. The maximum Gasteiger partial charge on any atom is 0.256 e. The molecule has 82 valence electrons. The SMILES string of the molecule is Nc1cccc(N2N=C3CCCC3C2=O)c1. The Hall–Kier alpha value is -1.84. The van der Waals surface area contributed by atoms with Gasteiger partial charge in [-0.15, -0.1) is 0 Å². The van der Waals surface area contributed by atoms with E-state index in [-0.39, 0.29) is 11.8 Å². The number of carbonyl (C=O) groups excluding carboxylic acids is 1. The van der Waals surface area contributed by atoms with Crippen LogP contribution >= 0.6 is 0 Å². The summed E-state index contributed by atoms with van der Waals surface area (Å²) < 4.78 is 0. The summed E-state index contributed by atoms with van der Waals surface area (Å²) in [7, 11) is 0. The van der Waals surface area contributed by atoms with Crippen molar-refractivity contribution in [1.82, 2.24) is 0 Å². The van der Waals surface area contributed by atoms with Gasteiger partial charge in [0, 0.05) is 5.69 Å². The molecule has 1 fully saturated rings. The molecule has 1 aromatic carbocycles. The molecule has 2 N–H and O–H groups in total. The Morgan fingerprint density at radius 1 is 1.44 bits per heavy atom. The van der Waals surface area contributed by atoms with E-state index in [1.165, 1.54) is 5.01 Å². The first-order valence-electron chi connectivity index (χ1n) is 5.52. The van der Waals surface area contributed by atoms with Gasteiger partial charge in [-0.2, -0.15) is 5.10 Å². The molecule has 0 aromatic heterocycles. The highest BCUT2D eigenvalue weighted by Gasteiger charge is 2.39. The fraction of sp³-hybridized carbons (Fsp3) is 0.333. The molecule has 0 radical (unpaired) electrons. The van der Waals surface area contributed by atoms with Crippen LogP contribution in [0.15, 0.2) is 29.4 Å². The lowest BCUT2D eigenvalue weighted by Gasteiger charge is -2.13. The van der Waals surface area contributed by atoms with Gasteiger partial charge >= 0.3 is 0 Å². The largest absolute Gasteiger partial charge is 0.399 e. The molecule has 1 saturated carbocycles. The smallest absolute Gasteiger partial charge is 0.256 e. The first kappa shape index (κ1) is 9.39. The molecule has 0 spiro atoms. The van der Waals surface area contributed by atoms with Crippen LogP contribution in [0, 0.1) is 5.92 Å². The number of hydrazone groups is 1. The minimum absolute atomic E-state index is 0.0291.